The Kier molecular flexibility index (Phi) is 5.10. The molecule has 0 N–H and O–H groups in total. The van der Waals surface area contributed by atoms with Gasteiger partial charge in [0.15, 0.2) is 0 Å². The first-order chi connectivity index (χ1) is 9.13. The lowest BCUT2D eigenvalue weighted by atomic mass is 10.2. The Labute approximate surface area is 125 Å². The summed E-state index contributed by atoms with van der Waals surface area (Å²) in [5.74, 6) is 0.905. The van der Waals surface area contributed by atoms with E-state index in [-0.39, 0.29) is 10.6 Å². The Balaban J connectivity index is 2.36. The highest BCUT2D eigenvalue weighted by atomic mass is 79.9. The number of rotatable bonds is 5. The highest BCUT2D eigenvalue weighted by Crippen LogP contribution is 2.39. The number of nitro benzene ring substituents is 1. The molecule has 0 saturated carbocycles. The SMILES string of the molecule is CCCSc1cc(N2CCCC2)c(Br)cc1[N+](=O)[O-]. The van der Waals surface area contributed by atoms with Crippen molar-refractivity contribution in [2.75, 3.05) is 23.7 Å². The number of benzene rings is 1. The molecule has 0 bridgehead atoms. The van der Waals surface area contributed by atoms with Gasteiger partial charge in [0.05, 0.1) is 15.5 Å². The molecule has 1 aliphatic heterocycles. The van der Waals surface area contributed by atoms with E-state index in [4.69, 9.17) is 0 Å². The van der Waals surface area contributed by atoms with E-state index in [0.29, 0.717) is 0 Å². The second-order valence-corrected chi connectivity index (χ2v) is 6.56. The van der Waals surface area contributed by atoms with Crippen LogP contribution in [0.4, 0.5) is 11.4 Å². The number of thioether (sulfide) groups is 1. The number of hydrogen-bond acceptors (Lipinski definition) is 4. The number of anilines is 1. The maximum absolute atomic E-state index is 11.1. The van der Waals surface area contributed by atoms with Crippen molar-refractivity contribution < 1.29 is 4.92 Å². The Morgan fingerprint density at radius 1 is 1.42 bits per heavy atom. The minimum absolute atomic E-state index is 0.202. The number of nitro groups is 1. The summed E-state index contributed by atoms with van der Waals surface area (Å²) in [7, 11) is 0. The van der Waals surface area contributed by atoms with E-state index in [1.54, 1.807) is 17.8 Å². The standard InChI is InChI=1S/C13H17BrN2O2S/c1-2-7-19-13-9-11(15-5-3-4-6-15)10(14)8-12(13)16(17)18/h8-9H,2-7H2,1H3. The van der Waals surface area contributed by atoms with Crippen LogP contribution in [0.1, 0.15) is 26.2 Å². The molecule has 2 rings (SSSR count). The van der Waals surface area contributed by atoms with E-state index in [1.165, 1.54) is 12.8 Å². The summed E-state index contributed by atoms with van der Waals surface area (Å²) in [5.41, 5.74) is 1.29. The number of halogens is 1. The van der Waals surface area contributed by atoms with Crippen molar-refractivity contribution in [2.24, 2.45) is 0 Å². The third kappa shape index (κ3) is 3.42. The Hall–Kier alpha value is -0.750. The van der Waals surface area contributed by atoms with Crippen molar-refractivity contribution in [1.29, 1.82) is 0 Å². The fourth-order valence-corrected chi connectivity index (χ4v) is 3.69. The minimum atomic E-state index is -0.295. The quantitative estimate of drug-likeness (QED) is 0.449. The maximum Gasteiger partial charge on any atom is 0.284 e. The highest BCUT2D eigenvalue weighted by molar-refractivity contribution is 9.10. The first-order valence-corrected chi connectivity index (χ1v) is 8.27. The van der Waals surface area contributed by atoms with E-state index in [2.05, 4.69) is 27.8 Å². The number of hydrogen-bond donors (Lipinski definition) is 0. The Morgan fingerprint density at radius 2 is 2.11 bits per heavy atom. The van der Waals surface area contributed by atoms with Crippen LogP contribution in [0.15, 0.2) is 21.5 Å². The molecular formula is C13H17BrN2O2S. The summed E-state index contributed by atoms with van der Waals surface area (Å²) in [4.78, 5) is 13.9. The molecule has 1 saturated heterocycles. The van der Waals surface area contributed by atoms with Gasteiger partial charge in [-0.15, -0.1) is 11.8 Å². The van der Waals surface area contributed by atoms with E-state index >= 15 is 0 Å². The molecule has 104 valence electrons. The van der Waals surface area contributed by atoms with Crippen LogP contribution in [0.3, 0.4) is 0 Å². The van der Waals surface area contributed by atoms with Crippen molar-refractivity contribution >= 4 is 39.1 Å². The molecule has 1 aromatic rings. The second-order valence-electron chi connectivity index (χ2n) is 4.57. The molecule has 0 aromatic heterocycles. The first kappa shape index (κ1) is 14.7. The Bertz CT molecular complexity index is 476. The van der Waals surface area contributed by atoms with E-state index in [1.807, 2.05) is 6.07 Å². The molecular weight excluding hydrogens is 328 g/mol. The molecule has 4 nitrogen and oxygen atoms in total. The van der Waals surface area contributed by atoms with Crippen molar-refractivity contribution in [3.05, 3.63) is 26.7 Å². The molecule has 0 radical (unpaired) electrons. The summed E-state index contributed by atoms with van der Waals surface area (Å²) >= 11 is 5.04. The van der Waals surface area contributed by atoms with Gasteiger partial charge in [0.25, 0.3) is 5.69 Å². The fourth-order valence-electron chi connectivity index (χ4n) is 2.20. The summed E-state index contributed by atoms with van der Waals surface area (Å²) < 4.78 is 0.821. The highest BCUT2D eigenvalue weighted by Gasteiger charge is 2.21. The third-order valence-corrected chi connectivity index (χ3v) is 5.02. The van der Waals surface area contributed by atoms with Crippen LogP contribution in [0.25, 0.3) is 0 Å². The van der Waals surface area contributed by atoms with Crippen LogP contribution in [0, 0.1) is 10.1 Å². The summed E-state index contributed by atoms with van der Waals surface area (Å²) in [6.07, 6.45) is 3.40. The monoisotopic (exact) mass is 344 g/mol. The summed E-state index contributed by atoms with van der Waals surface area (Å²) in [6.45, 7) is 4.15. The van der Waals surface area contributed by atoms with Crippen LogP contribution in [-0.4, -0.2) is 23.8 Å². The van der Waals surface area contributed by atoms with Crippen molar-refractivity contribution in [1.82, 2.24) is 0 Å². The van der Waals surface area contributed by atoms with Gasteiger partial charge in [-0.05, 0) is 47.0 Å². The van der Waals surface area contributed by atoms with E-state index in [0.717, 1.165) is 40.3 Å². The van der Waals surface area contributed by atoms with Crippen LogP contribution in [0.2, 0.25) is 0 Å². The summed E-state index contributed by atoms with van der Waals surface area (Å²) in [5, 5.41) is 11.1. The molecule has 0 spiro atoms. The van der Waals surface area contributed by atoms with Gasteiger partial charge in [-0.3, -0.25) is 10.1 Å². The van der Waals surface area contributed by atoms with Gasteiger partial charge in [0, 0.05) is 23.6 Å². The van der Waals surface area contributed by atoms with Crippen molar-refractivity contribution in [3.63, 3.8) is 0 Å². The van der Waals surface area contributed by atoms with Gasteiger partial charge in [-0.2, -0.15) is 0 Å². The summed E-state index contributed by atoms with van der Waals surface area (Å²) in [6, 6.07) is 3.61. The lowest BCUT2D eigenvalue weighted by Gasteiger charge is -2.20. The Morgan fingerprint density at radius 3 is 2.68 bits per heavy atom. The molecule has 1 aliphatic rings. The van der Waals surface area contributed by atoms with Crippen LogP contribution in [0.5, 0.6) is 0 Å². The first-order valence-electron chi connectivity index (χ1n) is 6.49. The third-order valence-electron chi connectivity index (χ3n) is 3.13. The van der Waals surface area contributed by atoms with E-state index in [9.17, 15) is 10.1 Å². The average molecular weight is 345 g/mol. The number of nitrogens with zero attached hydrogens (tertiary/aromatic N) is 2. The van der Waals surface area contributed by atoms with Crippen LogP contribution >= 0.6 is 27.7 Å². The van der Waals surface area contributed by atoms with Gasteiger partial charge in [-0.25, -0.2) is 0 Å². The van der Waals surface area contributed by atoms with Gasteiger partial charge in [0.2, 0.25) is 0 Å². The maximum atomic E-state index is 11.1. The second kappa shape index (κ2) is 6.61. The zero-order chi connectivity index (χ0) is 13.8. The van der Waals surface area contributed by atoms with Crippen LogP contribution < -0.4 is 4.90 Å². The molecule has 0 unspecified atom stereocenters. The molecule has 6 heteroatoms. The van der Waals surface area contributed by atoms with Gasteiger partial charge < -0.3 is 4.90 Å². The van der Waals surface area contributed by atoms with Gasteiger partial charge in [-0.1, -0.05) is 6.92 Å². The largest absolute Gasteiger partial charge is 0.371 e. The molecule has 1 aromatic carbocycles. The fraction of sp³-hybridized carbons (Fsp3) is 0.538. The van der Waals surface area contributed by atoms with Crippen molar-refractivity contribution in [2.45, 2.75) is 31.1 Å². The minimum Gasteiger partial charge on any atom is -0.371 e. The normalized spacial score (nSPS) is 14.9. The van der Waals surface area contributed by atoms with Crippen molar-refractivity contribution in [3.8, 4) is 0 Å². The predicted molar refractivity (Wildman–Crippen MR) is 83.3 cm³/mol. The molecule has 0 aliphatic carbocycles. The van der Waals surface area contributed by atoms with Gasteiger partial charge >= 0.3 is 0 Å². The molecule has 1 heterocycles. The van der Waals surface area contributed by atoms with E-state index < -0.39 is 0 Å². The average Bonchev–Trinajstić information content (AvgIpc) is 2.90. The molecule has 19 heavy (non-hydrogen) atoms. The predicted octanol–water partition coefficient (Wildman–Crippen LogP) is 4.46. The zero-order valence-electron chi connectivity index (χ0n) is 10.9. The lowest BCUT2D eigenvalue weighted by molar-refractivity contribution is -0.387. The zero-order valence-corrected chi connectivity index (χ0v) is 13.3. The molecule has 0 atom stereocenters. The molecule has 1 fully saturated rings. The van der Waals surface area contributed by atoms with Crippen LogP contribution in [-0.2, 0) is 0 Å². The lowest BCUT2D eigenvalue weighted by Crippen LogP contribution is -2.18. The van der Waals surface area contributed by atoms with Gasteiger partial charge in [0.1, 0.15) is 0 Å². The molecule has 0 amide bonds. The smallest absolute Gasteiger partial charge is 0.284 e. The topological polar surface area (TPSA) is 46.4 Å².